The zero-order chi connectivity index (χ0) is 15.3. The van der Waals surface area contributed by atoms with E-state index in [-0.39, 0.29) is 9.52 Å². The molecule has 2 atom stereocenters. The Morgan fingerprint density at radius 2 is 2.05 bits per heavy atom. The van der Waals surface area contributed by atoms with Crippen molar-refractivity contribution in [3.05, 3.63) is 48.1 Å². The first-order valence-electron chi connectivity index (χ1n) is 8.70. The number of rotatable bonds is 6. The van der Waals surface area contributed by atoms with Crippen LogP contribution in [0.15, 0.2) is 48.1 Å². The minimum absolute atomic E-state index is 0.184. The molecule has 0 saturated heterocycles. The predicted octanol–water partition coefficient (Wildman–Crippen LogP) is 5.74. The van der Waals surface area contributed by atoms with Crippen LogP contribution in [0.1, 0.15) is 59.8 Å². The van der Waals surface area contributed by atoms with Gasteiger partial charge in [-0.3, -0.25) is 0 Å². The molecule has 0 N–H and O–H groups in total. The van der Waals surface area contributed by atoms with Gasteiger partial charge < -0.3 is 0 Å². The standard InChI is InChI=1S/C20H32Si/c1-5-6-8-13-20(14-9-7-10-15-20)21-18-12-11-17(16-18)19(2,3)4/h7,9-12,14,16,18H,5-6,8,13,15,21H2,1-4H3. The van der Waals surface area contributed by atoms with Crippen molar-refractivity contribution in [2.24, 2.45) is 5.41 Å². The number of hydrogen-bond donors (Lipinski definition) is 0. The van der Waals surface area contributed by atoms with Crippen molar-refractivity contribution in [3.8, 4) is 0 Å². The SMILES string of the molecule is CCCCCC1([SiH2]C2C=CC(C(C)(C)C)=C2)C=CC=CC1. The van der Waals surface area contributed by atoms with Gasteiger partial charge in [-0.1, -0.05) is 89.5 Å². The number of allylic oxidation sites excluding steroid dienone is 8. The molecule has 0 spiro atoms. The Bertz CT molecular complexity index is 459. The minimum atomic E-state index is -0.184. The molecule has 0 radical (unpaired) electrons. The zero-order valence-electron chi connectivity index (χ0n) is 14.4. The summed E-state index contributed by atoms with van der Waals surface area (Å²) in [6.07, 6.45) is 23.7. The Hall–Kier alpha value is -0.823. The molecule has 0 fully saturated rings. The van der Waals surface area contributed by atoms with Crippen LogP contribution in [0.25, 0.3) is 0 Å². The van der Waals surface area contributed by atoms with Crippen molar-refractivity contribution in [1.82, 2.24) is 0 Å². The van der Waals surface area contributed by atoms with Crippen molar-refractivity contribution in [2.45, 2.75) is 70.4 Å². The van der Waals surface area contributed by atoms with Crippen molar-refractivity contribution in [1.29, 1.82) is 0 Å². The lowest BCUT2D eigenvalue weighted by atomic mass is 9.87. The Kier molecular flexibility index (Phi) is 5.48. The van der Waals surface area contributed by atoms with Crippen LogP contribution in [-0.2, 0) is 0 Å². The van der Waals surface area contributed by atoms with Crippen molar-refractivity contribution in [2.75, 3.05) is 0 Å². The molecule has 0 aliphatic heterocycles. The van der Waals surface area contributed by atoms with E-state index in [1.54, 1.807) is 5.57 Å². The highest BCUT2D eigenvalue weighted by molar-refractivity contribution is 6.44. The Labute approximate surface area is 133 Å². The summed E-state index contributed by atoms with van der Waals surface area (Å²) in [5, 5.41) is 0.531. The number of hydrogen-bond acceptors (Lipinski definition) is 0. The molecule has 2 rings (SSSR count). The van der Waals surface area contributed by atoms with E-state index in [1.165, 1.54) is 32.1 Å². The summed E-state index contributed by atoms with van der Waals surface area (Å²) >= 11 is 0. The van der Waals surface area contributed by atoms with E-state index in [0.29, 0.717) is 10.5 Å². The van der Waals surface area contributed by atoms with Crippen molar-refractivity contribution < 1.29 is 0 Å². The Morgan fingerprint density at radius 1 is 1.24 bits per heavy atom. The molecular formula is C20H32Si. The summed E-state index contributed by atoms with van der Waals surface area (Å²) in [7, 11) is -0.184. The average Bonchev–Trinajstić information content (AvgIpc) is 2.88. The van der Waals surface area contributed by atoms with Gasteiger partial charge in [0.2, 0.25) is 0 Å². The van der Waals surface area contributed by atoms with E-state index in [9.17, 15) is 0 Å². The first kappa shape index (κ1) is 16.5. The molecule has 2 aliphatic carbocycles. The number of unbranched alkanes of at least 4 members (excludes halogenated alkanes) is 2. The zero-order valence-corrected chi connectivity index (χ0v) is 15.8. The van der Waals surface area contributed by atoms with Gasteiger partial charge in [-0.25, -0.2) is 0 Å². The fourth-order valence-corrected chi connectivity index (χ4v) is 6.18. The van der Waals surface area contributed by atoms with Crippen LogP contribution in [0, 0.1) is 5.41 Å². The lowest BCUT2D eigenvalue weighted by Gasteiger charge is -2.33. The van der Waals surface area contributed by atoms with Crippen LogP contribution in [-0.4, -0.2) is 9.52 Å². The van der Waals surface area contributed by atoms with Crippen LogP contribution < -0.4 is 0 Å². The summed E-state index contributed by atoms with van der Waals surface area (Å²) in [4.78, 5) is 0. The van der Waals surface area contributed by atoms with E-state index in [2.05, 4.69) is 70.2 Å². The maximum absolute atomic E-state index is 2.57. The monoisotopic (exact) mass is 300 g/mol. The van der Waals surface area contributed by atoms with Crippen molar-refractivity contribution in [3.63, 3.8) is 0 Å². The van der Waals surface area contributed by atoms with Gasteiger partial charge >= 0.3 is 0 Å². The van der Waals surface area contributed by atoms with Gasteiger partial charge in [0.05, 0.1) is 0 Å². The molecule has 0 aromatic heterocycles. The molecule has 1 heteroatoms. The summed E-state index contributed by atoms with van der Waals surface area (Å²) in [6.45, 7) is 9.28. The molecule has 0 nitrogen and oxygen atoms in total. The first-order valence-corrected chi connectivity index (χ1v) is 10.2. The second-order valence-corrected chi connectivity index (χ2v) is 10.7. The molecule has 0 heterocycles. The molecular weight excluding hydrogens is 268 g/mol. The Balaban J connectivity index is 2.04. The topological polar surface area (TPSA) is 0 Å². The van der Waals surface area contributed by atoms with Gasteiger partial charge in [-0.15, -0.1) is 0 Å². The highest BCUT2D eigenvalue weighted by Crippen LogP contribution is 2.45. The van der Waals surface area contributed by atoms with E-state index >= 15 is 0 Å². The van der Waals surface area contributed by atoms with E-state index < -0.39 is 0 Å². The summed E-state index contributed by atoms with van der Waals surface area (Å²) in [5.41, 5.74) is 2.60. The summed E-state index contributed by atoms with van der Waals surface area (Å²) < 4.78 is 0. The molecule has 116 valence electrons. The van der Waals surface area contributed by atoms with E-state index in [1.807, 2.05) is 0 Å². The third-order valence-electron chi connectivity index (χ3n) is 4.92. The largest absolute Gasteiger partial charge is 0.0840 e. The van der Waals surface area contributed by atoms with E-state index in [4.69, 9.17) is 0 Å². The molecule has 0 aromatic rings. The fourth-order valence-electron chi connectivity index (χ4n) is 3.54. The quantitative estimate of drug-likeness (QED) is 0.433. The summed E-state index contributed by atoms with van der Waals surface area (Å²) in [5.74, 6) is 0. The average molecular weight is 301 g/mol. The molecule has 0 bridgehead atoms. The third kappa shape index (κ3) is 4.57. The van der Waals surface area contributed by atoms with Crippen LogP contribution in [0.5, 0.6) is 0 Å². The molecule has 0 saturated carbocycles. The lowest BCUT2D eigenvalue weighted by Crippen LogP contribution is -2.22. The van der Waals surface area contributed by atoms with Crippen LogP contribution >= 0.6 is 0 Å². The van der Waals surface area contributed by atoms with Crippen LogP contribution in [0.2, 0.25) is 10.6 Å². The van der Waals surface area contributed by atoms with Gasteiger partial charge in [-0.05, 0) is 34.4 Å². The summed E-state index contributed by atoms with van der Waals surface area (Å²) in [6, 6.07) is 0. The van der Waals surface area contributed by atoms with Crippen LogP contribution in [0.3, 0.4) is 0 Å². The third-order valence-corrected chi connectivity index (χ3v) is 7.59. The maximum atomic E-state index is 2.57. The first-order chi connectivity index (χ1) is 9.95. The normalized spacial score (nSPS) is 28.8. The van der Waals surface area contributed by atoms with Crippen LogP contribution in [0.4, 0.5) is 0 Å². The smallest absolute Gasteiger partial charge is 0.0447 e. The molecule has 2 aliphatic rings. The second-order valence-electron chi connectivity index (χ2n) is 7.91. The fraction of sp³-hybridized carbons (Fsp3) is 0.600. The molecule has 0 amide bonds. The van der Waals surface area contributed by atoms with Gasteiger partial charge in [0.1, 0.15) is 0 Å². The van der Waals surface area contributed by atoms with Gasteiger partial charge in [-0.2, -0.15) is 0 Å². The highest BCUT2D eigenvalue weighted by atomic mass is 28.2. The Morgan fingerprint density at radius 3 is 2.62 bits per heavy atom. The second kappa shape index (κ2) is 6.96. The highest BCUT2D eigenvalue weighted by Gasteiger charge is 2.31. The van der Waals surface area contributed by atoms with Crippen molar-refractivity contribution >= 4 is 9.52 Å². The molecule has 21 heavy (non-hydrogen) atoms. The minimum Gasteiger partial charge on any atom is -0.0840 e. The predicted molar refractivity (Wildman–Crippen MR) is 98.7 cm³/mol. The lowest BCUT2D eigenvalue weighted by molar-refractivity contribution is 0.517. The van der Waals surface area contributed by atoms with E-state index in [0.717, 1.165) is 5.54 Å². The van der Waals surface area contributed by atoms with Gasteiger partial charge in [0.25, 0.3) is 0 Å². The maximum Gasteiger partial charge on any atom is 0.0447 e. The van der Waals surface area contributed by atoms with Gasteiger partial charge in [0, 0.05) is 9.52 Å². The molecule has 2 unspecified atom stereocenters. The van der Waals surface area contributed by atoms with Gasteiger partial charge in [0.15, 0.2) is 0 Å². The molecule has 0 aromatic carbocycles.